The molecule has 116 valence electrons. The lowest BCUT2D eigenvalue weighted by atomic mass is 10.0. The van der Waals surface area contributed by atoms with Crippen molar-refractivity contribution in [1.82, 2.24) is 4.90 Å². The van der Waals surface area contributed by atoms with E-state index < -0.39 is 11.5 Å². The van der Waals surface area contributed by atoms with Crippen LogP contribution in [0.5, 0.6) is 5.75 Å². The molecule has 0 fully saturated rings. The van der Waals surface area contributed by atoms with Crippen molar-refractivity contribution in [3.8, 4) is 5.75 Å². The summed E-state index contributed by atoms with van der Waals surface area (Å²) in [5, 5.41) is 9.85. The minimum atomic E-state index is -1.26. The zero-order valence-corrected chi connectivity index (χ0v) is 13.5. The van der Waals surface area contributed by atoms with Crippen LogP contribution in [0.3, 0.4) is 0 Å². The van der Waals surface area contributed by atoms with Gasteiger partial charge in [-0.2, -0.15) is 0 Å². The lowest BCUT2D eigenvalue weighted by Crippen LogP contribution is -2.51. The van der Waals surface area contributed by atoms with Crippen LogP contribution in [0.15, 0.2) is 18.2 Å². The monoisotopic (exact) mass is 333 g/mol. The van der Waals surface area contributed by atoms with Gasteiger partial charge >= 0.3 is 5.97 Å². The van der Waals surface area contributed by atoms with Gasteiger partial charge in [-0.15, -0.1) is 0 Å². The quantitative estimate of drug-likeness (QED) is 0.868. The first-order valence-corrected chi connectivity index (χ1v) is 6.99. The number of halogens is 2. The van der Waals surface area contributed by atoms with E-state index in [0.29, 0.717) is 15.8 Å². The number of carbonyl (C=O) groups is 2. The van der Waals surface area contributed by atoms with Gasteiger partial charge in [-0.1, -0.05) is 23.2 Å². The third-order valence-electron chi connectivity index (χ3n) is 3.21. The second-order valence-electron chi connectivity index (χ2n) is 4.99. The highest BCUT2D eigenvalue weighted by atomic mass is 35.5. The highest BCUT2D eigenvalue weighted by Gasteiger charge is 2.34. The Labute approximate surface area is 133 Å². The molecule has 0 aliphatic heterocycles. The molecule has 21 heavy (non-hydrogen) atoms. The van der Waals surface area contributed by atoms with Crippen LogP contribution in [-0.4, -0.2) is 41.1 Å². The van der Waals surface area contributed by atoms with E-state index in [9.17, 15) is 9.59 Å². The maximum Gasteiger partial charge on any atom is 0.329 e. The van der Waals surface area contributed by atoms with Crippen molar-refractivity contribution in [2.75, 3.05) is 13.7 Å². The van der Waals surface area contributed by atoms with Crippen molar-refractivity contribution < 1.29 is 19.4 Å². The van der Waals surface area contributed by atoms with Gasteiger partial charge < -0.3 is 14.7 Å². The third-order valence-corrected chi connectivity index (χ3v) is 3.95. The molecule has 0 spiro atoms. The van der Waals surface area contributed by atoms with Crippen LogP contribution in [0.25, 0.3) is 0 Å². The number of rotatable bonds is 6. The van der Waals surface area contributed by atoms with Crippen LogP contribution < -0.4 is 4.74 Å². The molecule has 0 bridgehead atoms. The maximum atomic E-state index is 11.9. The molecule has 0 radical (unpaired) electrons. The Bertz CT molecular complexity index is 546. The summed E-state index contributed by atoms with van der Waals surface area (Å²) in [6.07, 6.45) is 0.0630. The highest BCUT2D eigenvalue weighted by molar-refractivity contribution is 6.42. The molecule has 0 aliphatic carbocycles. The third kappa shape index (κ3) is 4.51. The lowest BCUT2D eigenvalue weighted by molar-refractivity contribution is -0.155. The van der Waals surface area contributed by atoms with Crippen LogP contribution in [-0.2, 0) is 9.59 Å². The zero-order chi connectivity index (χ0) is 16.2. The number of benzene rings is 1. The van der Waals surface area contributed by atoms with E-state index in [2.05, 4.69) is 0 Å². The summed E-state index contributed by atoms with van der Waals surface area (Å²) in [5.74, 6) is -0.886. The minimum absolute atomic E-state index is 0.0630. The predicted molar refractivity (Wildman–Crippen MR) is 81.1 cm³/mol. The van der Waals surface area contributed by atoms with E-state index in [-0.39, 0.29) is 18.9 Å². The normalized spacial score (nSPS) is 11.1. The van der Waals surface area contributed by atoms with Crippen LogP contribution in [0.1, 0.15) is 20.3 Å². The number of ether oxygens (including phenoxy) is 1. The van der Waals surface area contributed by atoms with Crippen LogP contribution >= 0.6 is 23.2 Å². The lowest BCUT2D eigenvalue weighted by Gasteiger charge is -2.31. The highest BCUT2D eigenvalue weighted by Crippen LogP contribution is 2.26. The summed E-state index contributed by atoms with van der Waals surface area (Å²) in [4.78, 5) is 24.2. The molecular weight excluding hydrogens is 317 g/mol. The SMILES string of the molecule is CN(C(=O)CCOc1ccc(Cl)c(Cl)c1)C(C)(C)C(=O)O. The number of carbonyl (C=O) groups excluding carboxylic acids is 1. The Morgan fingerprint density at radius 2 is 1.90 bits per heavy atom. The second-order valence-corrected chi connectivity index (χ2v) is 5.81. The minimum Gasteiger partial charge on any atom is -0.493 e. The van der Waals surface area contributed by atoms with Crippen LogP contribution in [0, 0.1) is 0 Å². The number of hydrogen-bond acceptors (Lipinski definition) is 3. The van der Waals surface area contributed by atoms with E-state index >= 15 is 0 Å². The molecule has 1 amide bonds. The zero-order valence-electron chi connectivity index (χ0n) is 12.0. The first-order valence-electron chi connectivity index (χ1n) is 6.24. The van der Waals surface area contributed by atoms with Crippen molar-refractivity contribution in [1.29, 1.82) is 0 Å². The average Bonchev–Trinajstić information content (AvgIpc) is 2.41. The molecule has 0 unspecified atom stereocenters. The van der Waals surface area contributed by atoms with E-state index in [4.69, 9.17) is 33.0 Å². The summed E-state index contributed by atoms with van der Waals surface area (Å²) in [6, 6.07) is 4.80. The van der Waals surface area contributed by atoms with Crippen molar-refractivity contribution in [3.05, 3.63) is 28.2 Å². The van der Waals surface area contributed by atoms with Crippen molar-refractivity contribution in [2.45, 2.75) is 25.8 Å². The molecule has 7 heteroatoms. The first kappa shape index (κ1) is 17.6. The summed E-state index contributed by atoms with van der Waals surface area (Å²) < 4.78 is 5.40. The van der Waals surface area contributed by atoms with Gasteiger partial charge in [0.2, 0.25) is 5.91 Å². The number of carboxylic acid groups (broad SMARTS) is 1. The Kier molecular flexibility index (Phi) is 5.87. The fraction of sp³-hybridized carbons (Fsp3) is 0.429. The van der Waals surface area contributed by atoms with E-state index in [0.717, 1.165) is 0 Å². The summed E-state index contributed by atoms with van der Waals surface area (Å²) in [6.45, 7) is 3.05. The van der Waals surface area contributed by atoms with Gasteiger partial charge in [0, 0.05) is 13.1 Å². The van der Waals surface area contributed by atoms with Gasteiger partial charge in [0.1, 0.15) is 11.3 Å². The summed E-state index contributed by atoms with van der Waals surface area (Å²) in [7, 11) is 1.45. The summed E-state index contributed by atoms with van der Waals surface area (Å²) >= 11 is 11.6. The predicted octanol–water partition coefficient (Wildman–Crippen LogP) is 3.08. The van der Waals surface area contributed by atoms with E-state index in [1.54, 1.807) is 18.2 Å². The van der Waals surface area contributed by atoms with E-state index in [1.807, 2.05) is 0 Å². The second kappa shape index (κ2) is 7.00. The largest absolute Gasteiger partial charge is 0.493 e. The molecule has 1 aromatic rings. The molecule has 5 nitrogen and oxygen atoms in total. The van der Waals surface area contributed by atoms with Crippen molar-refractivity contribution >= 4 is 35.1 Å². The maximum absolute atomic E-state index is 11.9. The fourth-order valence-corrected chi connectivity index (χ4v) is 1.73. The van der Waals surface area contributed by atoms with Gasteiger partial charge in [-0.3, -0.25) is 4.79 Å². The van der Waals surface area contributed by atoms with E-state index in [1.165, 1.54) is 25.8 Å². The smallest absolute Gasteiger partial charge is 0.329 e. The number of nitrogens with zero attached hydrogens (tertiary/aromatic N) is 1. The van der Waals surface area contributed by atoms with Gasteiger partial charge in [0.05, 0.1) is 23.1 Å². The number of likely N-dealkylation sites (N-methyl/N-ethyl adjacent to an activating group) is 1. The number of amides is 1. The van der Waals surface area contributed by atoms with Crippen LogP contribution in [0.2, 0.25) is 10.0 Å². The number of hydrogen-bond donors (Lipinski definition) is 1. The molecule has 1 aromatic carbocycles. The molecule has 1 rings (SSSR count). The first-order chi connectivity index (χ1) is 9.66. The topological polar surface area (TPSA) is 66.8 Å². The van der Waals surface area contributed by atoms with Gasteiger partial charge in [-0.25, -0.2) is 4.79 Å². The molecule has 0 saturated carbocycles. The molecule has 0 atom stereocenters. The average molecular weight is 334 g/mol. The van der Waals surface area contributed by atoms with Gasteiger partial charge in [0.15, 0.2) is 0 Å². The van der Waals surface area contributed by atoms with Crippen LogP contribution in [0.4, 0.5) is 0 Å². The Hall–Kier alpha value is -1.46. The number of carboxylic acids is 1. The molecule has 1 N–H and O–H groups in total. The van der Waals surface area contributed by atoms with Gasteiger partial charge in [0.25, 0.3) is 0 Å². The Morgan fingerprint density at radius 1 is 1.29 bits per heavy atom. The number of aliphatic carboxylic acids is 1. The molecular formula is C14H17Cl2NO4. The molecule has 0 heterocycles. The molecule has 0 aliphatic rings. The molecule has 0 aromatic heterocycles. The Balaban J connectivity index is 2.54. The fourth-order valence-electron chi connectivity index (χ4n) is 1.45. The molecule has 0 saturated heterocycles. The summed E-state index contributed by atoms with van der Waals surface area (Å²) in [5.41, 5.74) is -1.26. The van der Waals surface area contributed by atoms with Gasteiger partial charge in [-0.05, 0) is 26.0 Å². The standard InChI is InChI=1S/C14H17Cl2NO4/c1-14(2,13(19)20)17(3)12(18)6-7-21-9-4-5-10(15)11(16)8-9/h4-5,8H,6-7H2,1-3H3,(H,19,20). The van der Waals surface area contributed by atoms with Crippen molar-refractivity contribution in [2.24, 2.45) is 0 Å². The van der Waals surface area contributed by atoms with Crippen molar-refractivity contribution in [3.63, 3.8) is 0 Å². The Morgan fingerprint density at radius 3 is 2.43 bits per heavy atom.